The Bertz CT molecular complexity index is 1130. The van der Waals surface area contributed by atoms with E-state index in [1.54, 1.807) is 19.1 Å². The van der Waals surface area contributed by atoms with Gasteiger partial charge in [-0.3, -0.25) is 9.52 Å². The van der Waals surface area contributed by atoms with Crippen molar-refractivity contribution >= 4 is 38.1 Å². The van der Waals surface area contributed by atoms with Gasteiger partial charge in [-0.05, 0) is 51.5 Å². The Morgan fingerprint density at radius 1 is 0.964 bits per heavy atom. The molecule has 1 heterocycles. The summed E-state index contributed by atoms with van der Waals surface area (Å²) in [6, 6.07) is 12.3. The molecular weight excluding hydrogens is 394 g/mol. The molecule has 8 heteroatoms. The van der Waals surface area contributed by atoms with Crippen LogP contribution < -0.4 is 10.0 Å². The van der Waals surface area contributed by atoms with Crippen molar-refractivity contribution < 1.29 is 13.2 Å². The molecule has 6 nitrogen and oxygen atoms in total. The maximum absolute atomic E-state index is 12.6. The number of rotatable bonds is 5. The first kappa shape index (κ1) is 20.0. The summed E-state index contributed by atoms with van der Waals surface area (Å²) in [5.74, 6) is -0.317. The number of sulfonamides is 1. The molecule has 0 aliphatic carbocycles. The number of aromatic nitrogens is 1. The van der Waals surface area contributed by atoms with Gasteiger partial charge in [0, 0.05) is 5.69 Å². The van der Waals surface area contributed by atoms with Crippen LogP contribution in [0.2, 0.25) is 0 Å². The molecule has 1 amide bonds. The van der Waals surface area contributed by atoms with E-state index >= 15 is 0 Å². The predicted octanol–water partition coefficient (Wildman–Crippen LogP) is 4.43. The van der Waals surface area contributed by atoms with Crippen LogP contribution in [0.4, 0.5) is 10.8 Å². The lowest BCUT2D eigenvalue weighted by Crippen LogP contribution is -2.12. The van der Waals surface area contributed by atoms with E-state index in [0.717, 1.165) is 28.0 Å². The summed E-state index contributed by atoms with van der Waals surface area (Å²) in [7, 11) is -3.76. The minimum atomic E-state index is -3.76. The first-order valence-corrected chi connectivity index (χ1v) is 10.9. The van der Waals surface area contributed by atoms with E-state index in [1.165, 1.54) is 12.1 Å². The third-order valence-corrected chi connectivity index (χ3v) is 6.74. The fourth-order valence-electron chi connectivity index (χ4n) is 2.67. The molecule has 0 saturated carbocycles. The van der Waals surface area contributed by atoms with E-state index in [-0.39, 0.29) is 15.9 Å². The van der Waals surface area contributed by atoms with E-state index < -0.39 is 10.0 Å². The second-order valence-corrected chi connectivity index (χ2v) is 9.31. The van der Waals surface area contributed by atoms with Crippen molar-refractivity contribution in [2.45, 2.75) is 32.6 Å². The van der Waals surface area contributed by atoms with Gasteiger partial charge >= 0.3 is 0 Å². The molecule has 28 heavy (non-hydrogen) atoms. The molecule has 0 fully saturated rings. The number of amides is 1. The average molecular weight is 416 g/mol. The van der Waals surface area contributed by atoms with Gasteiger partial charge in [-0.25, -0.2) is 13.4 Å². The van der Waals surface area contributed by atoms with Gasteiger partial charge in [-0.2, -0.15) is 0 Å². The highest BCUT2D eigenvalue weighted by Crippen LogP contribution is 2.27. The summed E-state index contributed by atoms with van der Waals surface area (Å²) in [6.45, 7) is 7.47. The Morgan fingerprint density at radius 2 is 1.61 bits per heavy atom. The van der Waals surface area contributed by atoms with Gasteiger partial charge in [0.15, 0.2) is 5.13 Å². The number of nitrogens with zero attached hydrogens (tertiary/aromatic N) is 1. The Morgan fingerprint density at radius 3 is 2.25 bits per heavy atom. The van der Waals surface area contributed by atoms with Crippen molar-refractivity contribution in [1.29, 1.82) is 0 Å². The van der Waals surface area contributed by atoms with Crippen LogP contribution >= 0.6 is 11.3 Å². The van der Waals surface area contributed by atoms with Gasteiger partial charge in [0.1, 0.15) is 4.88 Å². The van der Waals surface area contributed by atoms with Gasteiger partial charge in [0.25, 0.3) is 15.9 Å². The highest BCUT2D eigenvalue weighted by atomic mass is 32.2. The summed E-state index contributed by atoms with van der Waals surface area (Å²) < 4.78 is 27.5. The highest BCUT2D eigenvalue weighted by molar-refractivity contribution is 7.93. The number of thiazole rings is 1. The first-order chi connectivity index (χ1) is 13.2. The van der Waals surface area contributed by atoms with Crippen LogP contribution in [-0.2, 0) is 10.0 Å². The van der Waals surface area contributed by atoms with Gasteiger partial charge in [0.2, 0.25) is 0 Å². The fourth-order valence-corrected chi connectivity index (χ4v) is 4.77. The number of hydrogen-bond acceptors (Lipinski definition) is 5. The molecule has 2 N–H and O–H groups in total. The van der Waals surface area contributed by atoms with Crippen molar-refractivity contribution in [1.82, 2.24) is 4.98 Å². The molecule has 0 spiro atoms. The monoisotopic (exact) mass is 415 g/mol. The van der Waals surface area contributed by atoms with Crippen molar-refractivity contribution in [2.75, 3.05) is 10.0 Å². The lowest BCUT2D eigenvalue weighted by molar-refractivity contribution is 0.102. The Kier molecular flexibility index (Phi) is 5.53. The molecule has 1 aromatic heterocycles. The zero-order valence-electron chi connectivity index (χ0n) is 16.0. The molecule has 0 atom stereocenters. The molecule has 0 bridgehead atoms. The number of aryl methyl sites for hydroxylation is 4. The van der Waals surface area contributed by atoms with Crippen LogP contribution in [-0.4, -0.2) is 19.3 Å². The van der Waals surface area contributed by atoms with E-state index in [9.17, 15) is 13.2 Å². The minimum Gasteiger partial charge on any atom is -0.321 e. The second-order valence-electron chi connectivity index (χ2n) is 6.62. The Labute approximate surface area is 168 Å². The summed E-state index contributed by atoms with van der Waals surface area (Å²) in [4.78, 5) is 17.4. The molecule has 2 aromatic carbocycles. The average Bonchev–Trinajstić information content (AvgIpc) is 2.97. The van der Waals surface area contributed by atoms with E-state index in [1.807, 2.05) is 39.0 Å². The van der Waals surface area contributed by atoms with Gasteiger partial charge < -0.3 is 5.32 Å². The highest BCUT2D eigenvalue weighted by Gasteiger charge is 2.20. The third kappa shape index (κ3) is 4.40. The third-order valence-electron chi connectivity index (χ3n) is 4.19. The molecule has 0 unspecified atom stereocenters. The summed E-state index contributed by atoms with van der Waals surface area (Å²) in [5.41, 5.74) is 4.21. The number of carbonyl (C=O) groups is 1. The number of carbonyl (C=O) groups excluding carboxylic acids is 1. The van der Waals surface area contributed by atoms with E-state index in [2.05, 4.69) is 15.0 Å². The molecule has 3 rings (SSSR count). The molecule has 3 aromatic rings. The lowest BCUT2D eigenvalue weighted by atomic mass is 10.1. The summed E-state index contributed by atoms with van der Waals surface area (Å²) in [6.07, 6.45) is 0. The van der Waals surface area contributed by atoms with Gasteiger partial charge in [-0.15, -0.1) is 0 Å². The largest absolute Gasteiger partial charge is 0.321 e. The van der Waals surface area contributed by atoms with Gasteiger partial charge in [0.05, 0.1) is 10.6 Å². The zero-order chi connectivity index (χ0) is 20.5. The Hall–Kier alpha value is -2.71. The maximum Gasteiger partial charge on any atom is 0.267 e. The summed E-state index contributed by atoms with van der Waals surface area (Å²) in [5, 5.41) is 3.02. The number of nitrogens with one attached hydrogen (secondary N) is 2. The van der Waals surface area contributed by atoms with Crippen LogP contribution in [0.5, 0.6) is 0 Å². The molecule has 146 valence electrons. The SMILES string of the molecule is Cc1ccc(S(=O)(=O)Nc2nc(C)c(C(=O)Nc3ccc(C)cc3C)s2)cc1. The fraction of sp³-hybridized carbons (Fsp3) is 0.200. The van der Waals surface area contributed by atoms with Crippen molar-refractivity contribution in [2.24, 2.45) is 0 Å². The molecule has 0 radical (unpaired) electrons. The topological polar surface area (TPSA) is 88.2 Å². The van der Waals surface area contributed by atoms with Crippen LogP contribution in [0.15, 0.2) is 47.4 Å². The smallest absolute Gasteiger partial charge is 0.267 e. The van der Waals surface area contributed by atoms with E-state index in [0.29, 0.717) is 16.3 Å². The van der Waals surface area contributed by atoms with Gasteiger partial charge in [-0.1, -0.05) is 46.7 Å². The zero-order valence-corrected chi connectivity index (χ0v) is 17.7. The lowest BCUT2D eigenvalue weighted by Gasteiger charge is -2.08. The first-order valence-electron chi connectivity index (χ1n) is 8.61. The van der Waals surface area contributed by atoms with Crippen LogP contribution in [0.3, 0.4) is 0 Å². The number of hydrogen-bond donors (Lipinski definition) is 2. The molecule has 0 saturated heterocycles. The van der Waals surface area contributed by atoms with Crippen LogP contribution in [0.25, 0.3) is 0 Å². The molecule has 0 aliphatic heterocycles. The predicted molar refractivity (Wildman–Crippen MR) is 113 cm³/mol. The molecule has 0 aliphatic rings. The van der Waals surface area contributed by atoms with Crippen molar-refractivity contribution in [3.63, 3.8) is 0 Å². The second kappa shape index (κ2) is 7.73. The normalized spacial score (nSPS) is 11.3. The van der Waals surface area contributed by atoms with Crippen molar-refractivity contribution in [3.8, 4) is 0 Å². The van der Waals surface area contributed by atoms with E-state index in [4.69, 9.17) is 0 Å². The number of benzene rings is 2. The quantitative estimate of drug-likeness (QED) is 0.645. The molecular formula is C20H21N3O3S2. The number of anilines is 2. The maximum atomic E-state index is 12.6. The summed E-state index contributed by atoms with van der Waals surface area (Å²) >= 11 is 1.01. The van der Waals surface area contributed by atoms with Crippen LogP contribution in [0.1, 0.15) is 32.1 Å². The standard InChI is InChI=1S/C20H21N3O3S2/c1-12-5-8-16(9-6-12)28(25,26)23-20-21-15(4)18(27-20)19(24)22-17-10-7-13(2)11-14(17)3/h5-11H,1-4H3,(H,21,23)(H,22,24). The Balaban J connectivity index is 1.80. The minimum absolute atomic E-state index is 0.146. The van der Waals surface area contributed by atoms with Crippen molar-refractivity contribution in [3.05, 3.63) is 69.7 Å². The van der Waals surface area contributed by atoms with Crippen LogP contribution in [0, 0.1) is 27.7 Å².